The topological polar surface area (TPSA) is 55.6 Å². The number of hydrogen-bond donors (Lipinski definition) is 1. The van der Waals surface area contributed by atoms with E-state index in [2.05, 4.69) is 0 Å². The summed E-state index contributed by atoms with van der Waals surface area (Å²) in [5, 5.41) is 0. The highest BCUT2D eigenvalue weighted by molar-refractivity contribution is 5.73. The van der Waals surface area contributed by atoms with Gasteiger partial charge in [-0.3, -0.25) is 0 Å². The van der Waals surface area contributed by atoms with E-state index in [4.69, 9.17) is 10.5 Å². The van der Waals surface area contributed by atoms with Crippen molar-refractivity contribution in [2.24, 2.45) is 5.73 Å². The van der Waals surface area contributed by atoms with Crippen molar-refractivity contribution in [2.75, 3.05) is 0 Å². The number of carbonyl (C=O) groups is 1. The molecule has 2 aromatic rings. The molecule has 2 N–H and O–H groups in total. The molecule has 0 bridgehead atoms. The van der Waals surface area contributed by atoms with E-state index in [1.54, 1.807) is 30.3 Å². The second kappa shape index (κ2) is 7.09. The molecule has 1 heterocycles. The molecule has 1 unspecified atom stereocenters. The monoisotopic (exact) mass is 346 g/mol. The summed E-state index contributed by atoms with van der Waals surface area (Å²) < 4.78 is 33.6. The average molecular weight is 346 g/mol. The Kier molecular flexibility index (Phi) is 4.88. The van der Waals surface area contributed by atoms with Crippen LogP contribution in [0, 0.1) is 11.6 Å². The van der Waals surface area contributed by atoms with Crippen molar-refractivity contribution in [1.29, 1.82) is 0 Å². The normalized spacial score (nSPS) is 19.9. The number of nitrogens with two attached hydrogens (primary N) is 1. The fourth-order valence-corrected chi connectivity index (χ4v) is 3.30. The van der Waals surface area contributed by atoms with Crippen LogP contribution in [0.3, 0.4) is 0 Å². The Morgan fingerprint density at radius 2 is 1.96 bits per heavy atom. The van der Waals surface area contributed by atoms with Crippen LogP contribution in [0.15, 0.2) is 42.5 Å². The van der Waals surface area contributed by atoms with Gasteiger partial charge in [-0.05, 0) is 31.9 Å². The molecule has 3 rings (SSSR count). The van der Waals surface area contributed by atoms with Crippen LogP contribution in [0.1, 0.15) is 36.9 Å². The Hall–Kier alpha value is -2.63. The van der Waals surface area contributed by atoms with Crippen molar-refractivity contribution in [3.05, 3.63) is 65.2 Å². The third-order valence-corrected chi connectivity index (χ3v) is 4.61. The zero-order chi connectivity index (χ0) is 18.0. The summed E-state index contributed by atoms with van der Waals surface area (Å²) in [6.45, 7) is 1.91. The first kappa shape index (κ1) is 17.2. The SMILES string of the molecule is CC1CC[C@H](c2ccc(OCc3ccccc3F)cc2F)N1C(N)=O. The Labute approximate surface area is 145 Å². The van der Waals surface area contributed by atoms with Crippen LogP contribution in [0.5, 0.6) is 5.75 Å². The van der Waals surface area contributed by atoms with Gasteiger partial charge in [0.25, 0.3) is 0 Å². The van der Waals surface area contributed by atoms with Gasteiger partial charge in [0.2, 0.25) is 0 Å². The van der Waals surface area contributed by atoms with Gasteiger partial charge in [-0.2, -0.15) is 0 Å². The minimum atomic E-state index is -0.547. The molecule has 2 atom stereocenters. The summed E-state index contributed by atoms with van der Waals surface area (Å²) in [5.41, 5.74) is 6.24. The van der Waals surface area contributed by atoms with Crippen LogP contribution >= 0.6 is 0 Å². The number of hydrogen-bond acceptors (Lipinski definition) is 2. The summed E-state index contributed by atoms with van der Waals surface area (Å²) >= 11 is 0. The van der Waals surface area contributed by atoms with Gasteiger partial charge >= 0.3 is 6.03 Å². The molecule has 0 aliphatic carbocycles. The zero-order valence-electron chi connectivity index (χ0n) is 13.9. The third-order valence-electron chi connectivity index (χ3n) is 4.61. The second-order valence-corrected chi connectivity index (χ2v) is 6.25. The predicted octanol–water partition coefficient (Wildman–Crippen LogP) is 4.15. The molecule has 0 radical (unpaired) electrons. The molecule has 132 valence electrons. The first-order chi connectivity index (χ1) is 12.0. The molecular formula is C19H20F2N2O2. The summed E-state index contributed by atoms with van der Waals surface area (Å²) in [4.78, 5) is 13.1. The predicted molar refractivity (Wildman–Crippen MR) is 90.0 cm³/mol. The van der Waals surface area contributed by atoms with E-state index in [0.29, 0.717) is 23.3 Å². The van der Waals surface area contributed by atoms with Gasteiger partial charge in [0.15, 0.2) is 0 Å². The van der Waals surface area contributed by atoms with Crippen molar-refractivity contribution in [3.63, 3.8) is 0 Å². The number of carbonyl (C=O) groups excluding carboxylic acids is 1. The highest BCUT2D eigenvalue weighted by atomic mass is 19.1. The van der Waals surface area contributed by atoms with E-state index in [-0.39, 0.29) is 24.5 Å². The Morgan fingerprint density at radius 1 is 1.20 bits per heavy atom. The number of rotatable bonds is 4. The van der Waals surface area contributed by atoms with Gasteiger partial charge in [0, 0.05) is 23.2 Å². The molecule has 1 fully saturated rings. The maximum atomic E-state index is 14.5. The number of benzene rings is 2. The summed E-state index contributed by atoms with van der Waals surface area (Å²) in [6.07, 6.45) is 1.44. The first-order valence-electron chi connectivity index (χ1n) is 8.21. The molecule has 6 heteroatoms. The van der Waals surface area contributed by atoms with Gasteiger partial charge in [-0.1, -0.05) is 24.3 Å². The van der Waals surface area contributed by atoms with E-state index >= 15 is 0 Å². The van der Waals surface area contributed by atoms with Gasteiger partial charge in [-0.25, -0.2) is 13.6 Å². The summed E-state index contributed by atoms with van der Waals surface area (Å²) in [6, 6.07) is 9.84. The van der Waals surface area contributed by atoms with Crippen molar-refractivity contribution >= 4 is 6.03 Å². The van der Waals surface area contributed by atoms with Crippen LogP contribution < -0.4 is 10.5 Å². The quantitative estimate of drug-likeness (QED) is 0.904. The van der Waals surface area contributed by atoms with E-state index < -0.39 is 11.8 Å². The lowest BCUT2D eigenvalue weighted by Gasteiger charge is -2.27. The standard InChI is InChI=1S/C19H20F2N2O2/c1-12-6-9-18(23(12)19(22)24)15-8-7-14(10-17(15)21)25-11-13-4-2-3-5-16(13)20/h2-5,7-8,10,12,18H,6,9,11H2,1H3,(H2,22,24)/t12?,18-/m1/s1. The Bertz CT molecular complexity index is 782. The number of halogens is 2. The van der Waals surface area contributed by atoms with E-state index in [0.717, 1.165) is 6.42 Å². The second-order valence-electron chi connectivity index (χ2n) is 6.25. The summed E-state index contributed by atoms with van der Waals surface area (Å²) in [7, 11) is 0. The van der Waals surface area contributed by atoms with Crippen molar-refractivity contribution in [1.82, 2.24) is 4.90 Å². The largest absolute Gasteiger partial charge is 0.489 e. The van der Waals surface area contributed by atoms with Crippen LogP contribution in [0.25, 0.3) is 0 Å². The van der Waals surface area contributed by atoms with Gasteiger partial charge in [-0.15, -0.1) is 0 Å². The number of ether oxygens (including phenoxy) is 1. The van der Waals surface area contributed by atoms with E-state index in [9.17, 15) is 13.6 Å². The van der Waals surface area contributed by atoms with Crippen LogP contribution in [0.4, 0.5) is 13.6 Å². The first-order valence-corrected chi connectivity index (χ1v) is 8.21. The van der Waals surface area contributed by atoms with E-state index in [1.807, 2.05) is 6.92 Å². The molecule has 1 aliphatic heterocycles. The highest BCUT2D eigenvalue weighted by Crippen LogP contribution is 2.37. The van der Waals surface area contributed by atoms with Crippen LogP contribution in [0.2, 0.25) is 0 Å². The van der Waals surface area contributed by atoms with Gasteiger partial charge in [0.05, 0.1) is 6.04 Å². The third kappa shape index (κ3) is 3.57. The maximum absolute atomic E-state index is 14.5. The number of nitrogens with zero attached hydrogens (tertiary/aromatic N) is 1. The molecule has 4 nitrogen and oxygen atoms in total. The van der Waals surface area contributed by atoms with Crippen molar-refractivity contribution in [2.45, 2.75) is 38.5 Å². The number of urea groups is 1. The number of amides is 2. The molecular weight excluding hydrogens is 326 g/mol. The molecule has 2 aromatic carbocycles. The summed E-state index contributed by atoms with van der Waals surface area (Å²) in [5.74, 6) is -0.519. The Morgan fingerprint density at radius 3 is 2.64 bits per heavy atom. The Balaban J connectivity index is 1.75. The molecule has 25 heavy (non-hydrogen) atoms. The molecule has 0 aromatic heterocycles. The lowest BCUT2D eigenvalue weighted by atomic mass is 10.0. The zero-order valence-corrected chi connectivity index (χ0v) is 13.9. The van der Waals surface area contributed by atoms with Crippen LogP contribution in [-0.2, 0) is 6.61 Å². The lowest BCUT2D eigenvalue weighted by Crippen LogP contribution is -2.39. The molecule has 2 amide bonds. The minimum Gasteiger partial charge on any atom is -0.489 e. The van der Waals surface area contributed by atoms with E-state index in [1.165, 1.54) is 17.0 Å². The van der Waals surface area contributed by atoms with Crippen molar-refractivity contribution in [3.8, 4) is 5.75 Å². The number of primary amides is 1. The smallest absolute Gasteiger partial charge is 0.315 e. The minimum absolute atomic E-state index is 0.0132. The average Bonchev–Trinajstić information content (AvgIpc) is 2.96. The molecule has 0 spiro atoms. The maximum Gasteiger partial charge on any atom is 0.315 e. The molecule has 1 saturated heterocycles. The molecule has 1 aliphatic rings. The van der Waals surface area contributed by atoms with Gasteiger partial charge < -0.3 is 15.4 Å². The van der Waals surface area contributed by atoms with Crippen LogP contribution in [-0.4, -0.2) is 17.0 Å². The number of likely N-dealkylation sites (tertiary alicyclic amines) is 1. The lowest BCUT2D eigenvalue weighted by molar-refractivity contribution is 0.185. The highest BCUT2D eigenvalue weighted by Gasteiger charge is 2.35. The van der Waals surface area contributed by atoms with Gasteiger partial charge in [0.1, 0.15) is 24.0 Å². The fourth-order valence-electron chi connectivity index (χ4n) is 3.30. The van der Waals surface area contributed by atoms with Crippen molar-refractivity contribution < 1.29 is 18.3 Å². The fraction of sp³-hybridized carbons (Fsp3) is 0.316. The molecule has 0 saturated carbocycles.